The maximum Gasteiger partial charge on any atom is 0.386 e. The van der Waals surface area contributed by atoms with Gasteiger partial charge in [0, 0.05) is 0 Å². The highest BCUT2D eigenvalue weighted by molar-refractivity contribution is 8.44. The van der Waals surface area contributed by atoms with Crippen LogP contribution in [-0.4, -0.2) is 105 Å². The molecule has 0 amide bonds. The van der Waals surface area contributed by atoms with Crippen LogP contribution in [0.1, 0.15) is 12.3 Å². The average Bonchev–Trinajstić information content (AvgIpc) is 3.48. The van der Waals surface area contributed by atoms with Gasteiger partial charge in [-0.15, -0.1) is 0 Å². The molecule has 8 rings (SSSR count). The summed E-state index contributed by atoms with van der Waals surface area (Å²) in [5.41, 5.74) is 10.5. The minimum atomic E-state index is -4.37. The second-order valence-electron chi connectivity index (χ2n) is 10.7. The SMILES string of the molecule is Nc1ncnc2c1ncn2C1[C@@H]2O[C@@H]3COP(O)(=S)O[C@@H]4[C@H](O)[C@@H](COP(=O)(S)O[C@H]3[C@@]12F)O[C@H]4n1cnc2c(N)ncnc21. The number of alkyl halides is 1. The third kappa shape index (κ3) is 4.70. The predicted molar refractivity (Wildman–Crippen MR) is 156 cm³/mol. The van der Waals surface area contributed by atoms with Crippen LogP contribution in [0.2, 0.25) is 0 Å². The maximum absolute atomic E-state index is 16.8. The van der Waals surface area contributed by atoms with Crippen LogP contribution in [0.4, 0.5) is 16.0 Å². The van der Waals surface area contributed by atoms with E-state index in [0.717, 1.165) is 0 Å². The number of ether oxygens (including phenoxy) is 2. The molecule has 3 aliphatic heterocycles. The number of hydrogen-bond donors (Lipinski definition) is 5. The number of rotatable bonds is 2. The predicted octanol–water partition coefficient (Wildman–Crippen LogP) is 0.191. The van der Waals surface area contributed by atoms with Gasteiger partial charge in [0.1, 0.15) is 66.4 Å². The van der Waals surface area contributed by atoms with E-state index in [4.69, 9.17) is 50.8 Å². The molecule has 3 unspecified atom stereocenters. The maximum atomic E-state index is 16.8. The Balaban J connectivity index is 1.10. The number of fused-ring (bicyclic) bond motifs is 7. The van der Waals surface area contributed by atoms with Crippen molar-refractivity contribution in [1.82, 2.24) is 39.0 Å². The summed E-state index contributed by atoms with van der Waals surface area (Å²) in [5, 5.41) is 11.2. The zero-order valence-corrected chi connectivity index (χ0v) is 26.0. The van der Waals surface area contributed by atoms with Crippen LogP contribution in [0, 0.1) is 0 Å². The van der Waals surface area contributed by atoms with Gasteiger partial charge in [-0.3, -0.25) is 18.1 Å². The molecule has 2 bridgehead atoms. The third-order valence-electron chi connectivity index (χ3n) is 8.13. The van der Waals surface area contributed by atoms with Gasteiger partial charge in [0.05, 0.1) is 25.9 Å². The van der Waals surface area contributed by atoms with Crippen molar-refractivity contribution in [3.63, 3.8) is 0 Å². The second kappa shape index (κ2) is 10.3. The summed E-state index contributed by atoms with van der Waals surface area (Å²) in [6.45, 7) is -9.65. The highest BCUT2D eigenvalue weighted by Crippen LogP contribution is 2.68. The quantitative estimate of drug-likeness (QED) is 0.138. The Bertz CT molecular complexity index is 1940. The summed E-state index contributed by atoms with van der Waals surface area (Å²) in [7, 11) is 0. The summed E-state index contributed by atoms with van der Waals surface area (Å²) in [4.78, 5) is 35.5. The molecule has 3 saturated heterocycles. The molecule has 19 nitrogen and oxygen atoms in total. The summed E-state index contributed by atoms with van der Waals surface area (Å²) >= 11 is 9.33. The Morgan fingerprint density at radius 3 is 2.24 bits per heavy atom. The number of hydrogen-bond acceptors (Lipinski definition) is 17. The van der Waals surface area contributed by atoms with Gasteiger partial charge in [0.2, 0.25) is 0 Å². The molecule has 0 aromatic carbocycles. The molecule has 1 saturated carbocycles. The molecule has 4 aliphatic rings. The second-order valence-corrected chi connectivity index (χ2v) is 16.4. The zero-order valence-electron chi connectivity index (χ0n) is 22.5. The number of nitrogen functional groups attached to an aromatic ring is 2. The van der Waals surface area contributed by atoms with E-state index in [2.05, 4.69) is 42.2 Å². The van der Waals surface area contributed by atoms with Crippen LogP contribution >= 0.6 is 25.8 Å². The Hall–Kier alpha value is -2.46. The van der Waals surface area contributed by atoms with Gasteiger partial charge in [-0.25, -0.2) is 38.9 Å². The van der Waals surface area contributed by atoms with Crippen LogP contribution in [0.25, 0.3) is 22.3 Å². The first-order valence-corrected chi connectivity index (χ1v) is 18.5. The van der Waals surface area contributed by atoms with Crippen molar-refractivity contribution in [2.75, 3.05) is 24.7 Å². The van der Waals surface area contributed by atoms with Crippen molar-refractivity contribution in [2.45, 2.75) is 54.6 Å². The first-order valence-electron chi connectivity index (χ1n) is 13.2. The summed E-state index contributed by atoms with van der Waals surface area (Å²) in [6.07, 6.45) is -4.15. The standard InChI is InChI=1S/C21H23FN10O9P2S2/c22-21-13(31-5-29-9-16(23)25-3-27-18(9)31)15(21)38-8-2-37-42(34,44)40-12-11(33)7(1-36-43(35,45)41-14(8)21)39-20(12)32-6-30-10-17(24)26-4-28-19(10)32/h3-8,11-15,20,33H,1-2H2,(H,34,44)(H,35,45)(H2,23,25,27)(H2,24,26,28)/t7-,8-,11-,12-,13?,14-,15+,20-,21+,42?,43?/m1/s1. The van der Waals surface area contributed by atoms with Crippen LogP contribution in [0.3, 0.4) is 0 Å². The molecule has 45 heavy (non-hydrogen) atoms. The molecule has 7 heterocycles. The number of aromatic nitrogens is 8. The Kier molecular flexibility index (Phi) is 6.82. The average molecular weight is 705 g/mol. The molecule has 1 aliphatic carbocycles. The first kappa shape index (κ1) is 29.9. The Labute approximate surface area is 261 Å². The van der Waals surface area contributed by atoms with Crippen molar-refractivity contribution in [3.8, 4) is 0 Å². The summed E-state index contributed by atoms with van der Waals surface area (Å²) in [5.74, 6) is 0.195. The molecule has 0 spiro atoms. The van der Waals surface area contributed by atoms with E-state index in [0.29, 0.717) is 0 Å². The van der Waals surface area contributed by atoms with Gasteiger partial charge in [0.25, 0.3) is 0 Å². The van der Waals surface area contributed by atoms with Crippen molar-refractivity contribution >= 4 is 71.5 Å². The molecule has 0 radical (unpaired) electrons. The van der Waals surface area contributed by atoms with E-state index in [1.54, 1.807) is 0 Å². The largest absolute Gasteiger partial charge is 0.387 e. The smallest absolute Gasteiger partial charge is 0.386 e. The third-order valence-corrected chi connectivity index (χ3v) is 11.3. The van der Waals surface area contributed by atoms with Gasteiger partial charge in [0.15, 0.2) is 34.8 Å². The highest BCUT2D eigenvalue weighted by Gasteiger charge is 2.81. The normalized spacial score (nSPS) is 41.7. The monoisotopic (exact) mass is 704 g/mol. The van der Waals surface area contributed by atoms with Crippen LogP contribution in [0.5, 0.6) is 0 Å². The minimum absolute atomic E-state index is 0.0937. The van der Waals surface area contributed by atoms with Crippen molar-refractivity contribution in [2.24, 2.45) is 0 Å². The molecule has 240 valence electrons. The minimum Gasteiger partial charge on any atom is -0.387 e. The lowest BCUT2D eigenvalue weighted by Crippen LogP contribution is -2.39. The van der Waals surface area contributed by atoms with Gasteiger partial charge in [-0.1, -0.05) is 12.2 Å². The molecule has 24 heteroatoms. The molecule has 4 aromatic heterocycles. The highest BCUT2D eigenvalue weighted by atomic mass is 32.7. The summed E-state index contributed by atoms with van der Waals surface area (Å²) < 4.78 is 67.5. The lowest BCUT2D eigenvalue weighted by Gasteiger charge is -2.29. The van der Waals surface area contributed by atoms with E-state index < -0.39 is 81.3 Å². The lowest BCUT2D eigenvalue weighted by molar-refractivity contribution is -0.0616. The topological polar surface area (TPSA) is 252 Å². The van der Waals surface area contributed by atoms with E-state index >= 15 is 4.39 Å². The number of anilines is 2. The molecule has 6 N–H and O–H groups in total. The van der Waals surface area contributed by atoms with Crippen LogP contribution in [-0.2, 0) is 43.9 Å². The number of halogens is 1. The van der Waals surface area contributed by atoms with E-state index in [1.807, 2.05) is 0 Å². The lowest BCUT2D eigenvalue weighted by atomic mass is 10.1. The molecular formula is C21H23FN10O9P2S2. The molecule has 11 atom stereocenters. The first-order chi connectivity index (χ1) is 21.4. The number of aliphatic hydroxyl groups is 1. The van der Waals surface area contributed by atoms with E-state index in [9.17, 15) is 14.6 Å². The van der Waals surface area contributed by atoms with Crippen molar-refractivity contribution < 1.29 is 46.5 Å². The van der Waals surface area contributed by atoms with Crippen LogP contribution < -0.4 is 11.5 Å². The van der Waals surface area contributed by atoms with Crippen molar-refractivity contribution in [3.05, 3.63) is 25.3 Å². The van der Waals surface area contributed by atoms with Crippen LogP contribution in [0.15, 0.2) is 25.3 Å². The van der Waals surface area contributed by atoms with Gasteiger partial charge in [-0.05, 0) is 11.8 Å². The number of nitrogens with two attached hydrogens (primary N) is 2. The van der Waals surface area contributed by atoms with Gasteiger partial charge < -0.3 is 40.0 Å². The molecule has 4 fully saturated rings. The van der Waals surface area contributed by atoms with E-state index in [-0.39, 0.29) is 34.0 Å². The Morgan fingerprint density at radius 1 is 0.933 bits per heavy atom. The van der Waals surface area contributed by atoms with Gasteiger partial charge >= 0.3 is 13.5 Å². The van der Waals surface area contributed by atoms with E-state index in [1.165, 1.54) is 34.4 Å². The van der Waals surface area contributed by atoms with Gasteiger partial charge in [-0.2, -0.15) is 0 Å². The zero-order chi connectivity index (χ0) is 31.5. The summed E-state index contributed by atoms with van der Waals surface area (Å²) in [6, 6.07) is -1.01. The molecular weight excluding hydrogens is 681 g/mol. The fraction of sp³-hybridized carbons (Fsp3) is 0.524. The number of aliphatic hydroxyl groups excluding tert-OH is 1. The Morgan fingerprint density at radius 2 is 1.56 bits per heavy atom. The fourth-order valence-corrected chi connectivity index (χ4v) is 8.93. The fourth-order valence-electron chi connectivity index (χ4n) is 6.03. The number of nitrogens with zero attached hydrogens (tertiary/aromatic N) is 8. The van der Waals surface area contributed by atoms with Crippen molar-refractivity contribution in [1.29, 1.82) is 0 Å². The number of imidazole rings is 2. The molecule has 4 aromatic rings. The number of thiol groups is 1.